The van der Waals surface area contributed by atoms with Gasteiger partial charge in [0.1, 0.15) is 0 Å². The van der Waals surface area contributed by atoms with E-state index in [-0.39, 0.29) is 12.5 Å². The third-order valence-corrected chi connectivity index (χ3v) is 4.70. The molecule has 0 bridgehead atoms. The molecule has 1 saturated carbocycles. The summed E-state index contributed by atoms with van der Waals surface area (Å²) in [5, 5.41) is 12.4. The number of hydrogen-bond donors (Lipinski definition) is 2. The molecule has 1 aliphatic heterocycles. The van der Waals surface area contributed by atoms with Crippen molar-refractivity contribution in [3.05, 3.63) is 34.9 Å². The average molecular weight is 288 g/mol. The summed E-state index contributed by atoms with van der Waals surface area (Å²) in [6.07, 6.45) is 5.01. The SMILES string of the molecule is O=C(c1cccc2c1CCNC2)N(CCCO)C1CCC1. The molecule has 21 heavy (non-hydrogen) atoms. The molecular formula is C17H24N2O2. The van der Waals surface area contributed by atoms with E-state index in [2.05, 4.69) is 11.4 Å². The van der Waals surface area contributed by atoms with Gasteiger partial charge in [0.25, 0.3) is 5.91 Å². The van der Waals surface area contributed by atoms with Crippen LogP contribution < -0.4 is 5.32 Å². The van der Waals surface area contributed by atoms with Crippen molar-refractivity contribution >= 4 is 5.91 Å². The second-order valence-corrected chi connectivity index (χ2v) is 6.03. The zero-order valence-corrected chi connectivity index (χ0v) is 12.5. The van der Waals surface area contributed by atoms with Crippen molar-refractivity contribution in [2.45, 2.75) is 44.7 Å². The van der Waals surface area contributed by atoms with Crippen LogP contribution in [0.15, 0.2) is 18.2 Å². The Kier molecular flexibility index (Phi) is 4.56. The summed E-state index contributed by atoms with van der Waals surface area (Å²) in [5.74, 6) is 0.159. The minimum Gasteiger partial charge on any atom is -0.396 e. The molecular weight excluding hydrogens is 264 g/mol. The second kappa shape index (κ2) is 6.58. The lowest BCUT2D eigenvalue weighted by molar-refractivity contribution is 0.0561. The Hall–Kier alpha value is -1.39. The highest BCUT2D eigenvalue weighted by molar-refractivity contribution is 5.96. The molecule has 0 atom stereocenters. The maximum Gasteiger partial charge on any atom is 0.254 e. The molecule has 4 nitrogen and oxygen atoms in total. The Balaban J connectivity index is 1.85. The fourth-order valence-electron chi connectivity index (χ4n) is 3.28. The molecule has 2 aliphatic rings. The molecule has 2 N–H and O–H groups in total. The first kappa shape index (κ1) is 14.5. The van der Waals surface area contributed by atoms with Gasteiger partial charge in [-0.1, -0.05) is 12.1 Å². The van der Waals surface area contributed by atoms with Crippen LogP contribution in [-0.4, -0.2) is 41.7 Å². The third kappa shape index (κ3) is 2.97. The Morgan fingerprint density at radius 2 is 2.24 bits per heavy atom. The molecule has 0 radical (unpaired) electrons. The number of aliphatic hydroxyl groups is 1. The Morgan fingerprint density at radius 3 is 2.95 bits per heavy atom. The number of fused-ring (bicyclic) bond motifs is 1. The van der Waals surface area contributed by atoms with Crippen molar-refractivity contribution in [3.63, 3.8) is 0 Å². The largest absolute Gasteiger partial charge is 0.396 e. The van der Waals surface area contributed by atoms with Gasteiger partial charge in [0, 0.05) is 31.3 Å². The summed E-state index contributed by atoms with van der Waals surface area (Å²) in [5.41, 5.74) is 3.34. The van der Waals surface area contributed by atoms with Crippen molar-refractivity contribution < 1.29 is 9.90 Å². The lowest BCUT2D eigenvalue weighted by Gasteiger charge is -2.38. The van der Waals surface area contributed by atoms with E-state index in [0.29, 0.717) is 19.0 Å². The molecule has 0 saturated heterocycles. The highest BCUT2D eigenvalue weighted by Gasteiger charge is 2.30. The predicted octanol–water partition coefficient (Wildman–Crippen LogP) is 1.71. The topological polar surface area (TPSA) is 52.6 Å². The fourth-order valence-corrected chi connectivity index (χ4v) is 3.28. The molecule has 114 valence electrons. The second-order valence-electron chi connectivity index (χ2n) is 6.03. The number of nitrogens with one attached hydrogen (secondary N) is 1. The van der Waals surface area contributed by atoms with E-state index in [0.717, 1.165) is 37.9 Å². The average Bonchev–Trinajstić information content (AvgIpc) is 2.48. The zero-order chi connectivity index (χ0) is 14.7. The Morgan fingerprint density at radius 1 is 1.38 bits per heavy atom. The molecule has 1 aliphatic carbocycles. The van der Waals surface area contributed by atoms with Gasteiger partial charge < -0.3 is 15.3 Å². The van der Waals surface area contributed by atoms with Gasteiger partial charge in [-0.3, -0.25) is 4.79 Å². The number of nitrogens with zero attached hydrogens (tertiary/aromatic N) is 1. The highest BCUT2D eigenvalue weighted by atomic mass is 16.3. The summed E-state index contributed by atoms with van der Waals surface area (Å²) in [7, 11) is 0. The molecule has 1 heterocycles. The number of carbonyl (C=O) groups is 1. The number of carbonyl (C=O) groups excluding carboxylic acids is 1. The van der Waals surface area contributed by atoms with Gasteiger partial charge >= 0.3 is 0 Å². The predicted molar refractivity (Wildman–Crippen MR) is 82.2 cm³/mol. The molecule has 4 heteroatoms. The van der Waals surface area contributed by atoms with Crippen LogP contribution in [0.4, 0.5) is 0 Å². The maximum absolute atomic E-state index is 13.0. The maximum atomic E-state index is 13.0. The lowest BCUT2D eigenvalue weighted by atomic mass is 9.89. The molecule has 0 spiro atoms. The monoisotopic (exact) mass is 288 g/mol. The van der Waals surface area contributed by atoms with Gasteiger partial charge in [0.2, 0.25) is 0 Å². The minimum absolute atomic E-state index is 0.146. The summed E-state index contributed by atoms with van der Waals surface area (Å²) in [6, 6.07) is 6.45. The number of amides is 1. The van der Waals surface area contributed by atoms with Crippen molar-refractivity contribution in [2.75, 3.05) is 19.7 Å². The van der Waals surface area contributed by atoms with E-state index in [4.69, 9.17) is 5.11 Å². The molecule has 1 aromatic carbocycles. The minimum atomic E-state index is 0.146. The van der Waals surface area contributed by atoms with Gasteiger partial charge in [-0.15, -0.1) is 0 Å². The smallest absolute Gasteiger partial charge is 0.254 e. The lowest BCUT2D eigenvalue weighted by Crippen LogP contribution is -2.45. The molecule has 0 unspecified atom stereocenters. The Labute approximate surface area is 126 Å². The molecule has 0 aromatic heterocycles. The van der Waals surface area contributed by atoms with Crippen LogP contribution in [0.2, 0.25) is 0 Å². The van der Waals surface area contributed by atoms with Crippen molar-refractivity contribution in [2.24, 2.45) is 0 Å². The normalized spacial score (nSPS) is 18.0. The number of rotatable bonds is 5. The van der Waals surface area contributed by atoms with Crippen molar-refractivity contribution in [1.82, 2.24) is 10.2 Å². The van der Waals surface area contributed by atoms with E-state index in [1.54, 1.807) is 0 Å². The summed E-state index contributed by atoms with van der Waals surface area (Å²) in [6.45, 7) is 2.61. The van der Waals surface area contributed by atoms with Crippen molar-refractivity contribution in [3.8, 4) is 0 Å². The quantitative estimate of drug-likeness (QED) is 0.867. The van der Waals surface area contributed by atoms with E-state index < -0.39 is 0 Å². The molecule has 3 rings (SSSR count). The van der Waals surface area contributed by atoms with E-state index in [9.17, 15) is 4.79 Å². The first-order valence-electron chi connectivity index (χ1n) is 8.04. The highest BCUT2D eigenvalue weighted by Crippen LogP contribution is 2.28. The Bertz CT molecular complexity index is 512. The summed E-state index contributed by atoms with van der Waals surface area (Å²) >= 11 is 0. The van der Waals surface area contributed by atoms with Gasteiger partial charge in [-0.2, -0.15) is 0 Å². The van der Waals surface area contributed by atoms with Gasteiger partial charge in [0.15, 0.2) is 0 Å². The first-order valence-corrected chi connectivity index (χ1v) is 8.04. The summed E-state index contributed by atoms with van der Waals surface area (Å²) in [4.78, 5) is 15.0. The van der Waals surface area contributed by atoms with Crippen LogP contribution >= 0.6 is 0 Å². The van der Waals surface area contributed by atoms with Crippen LogP contribution in [0.5, 0.6) is 0 Å². The summed E-state index contributed by atoms with van der Waals surface area (Å²) < 4.78 is 0. The zero-order valence-electron chi connectivity index (χ0n) is 12.5. The first-order chi connectivity index (χ1) is 10.3. The number of benzene rings is 1. The third-order valence-electron chi connectivity index (χ3n) is 4.70. The van der Waals surface area contributed by atoms with Crippen LogP contribution in [0.3, 0.4) is 0 Å². The molecule has 1 amide bonds. The van der Waals surface area contributed by atoms with E-state index >= 15 is 0 Å². The molecule has 1 fully saturated rings. The van der Waals surface area contributed by atoms with E-state index in [1.807, 2.05) is 17.0 Å². The number of hydrogen-bond acceptors (Lipinski definition) is 3. The van der Waals surface area contributed by atoms with E-state index in [1.165, 1.54) is 17.5 Å². The fraction of sp³-hybridized carbons (Fsp3) is 0.588. The van der Waals surface area contributed by atoms with Crippen LogP contribution in [0.1, 0.15) is 47.2 Å². The number of aliphatic hydroxyl groups excluding tert-OH is 1. The van der Waals surface area contributed by atoms with Crippen LogP contribution in [0, 0.1) is 0 Å². The van der Waals surface area contributed by atoms with Gasteiger partial charge in [-0.25, -0.2) is 0 Å². The van der Waals surface area contributed by atoms with Gasteiger partial charge in [0.05, 0.1) is 0 Å². The van der Waals surface area contributed by atoms with Crippen LogP contribution in [-0.2, 0) is 13.0 Å². The van der Waals surface area contributed by atoms with Crippen LogP contribution in [0.25, 0.3) is 0 Å². The standard InChI is InChI=1S/C17H24N2O2/c20-11-3-10-19(14-5-2-6-14)17(21)16-7-1-4-13-12-18-9-8-15(13)16/h1,4,7,14,18,20H,2-3,5-6,8-12H2. The molecule has 1 aromatic rings. The van der Waals surface area contributed by atoms with Gasteiger partial charge in [-0.05, 0) is 55.8 Å². The van der Waals surface area contributed by atoms with Crippen molar-refractivity contribution in [1.29, 1.82) is 0 Å².